The Hall–Kier alpha value is -3.13. The van der Waals surface area contributed by atoms with Crippen LogP contribution in [0.15, 0.2) is 86.8 Å². The Bertz CT molecular complexity index is 1250. The van der Waals surface area contributed by atoms with Gasteiger partial charge >= 0.3 is 0 Å². The van der Waals surface area contributed by atoms with Gasteiger partial charge in [-0.2, -0.15) is 5.10 Å². The lowest BCUT2D eigenvalue weighted by molar-refractivity contribution is 0.122. The highest BCUT2D eigenvalue weighted by Gasteiger charge is 2.12. The second-order valence-electron chi connectivity index (χ2n) is 7.22. The maximum atomic E-state index is 6.01. The molecule has 0 aliphatic carbocycles. The molecule has 5 rings (SSSR count). The molecular weight excluding hydrogens is 444 g/mol. The molecule has 162 valence electrons. The third kappa shape index (κ3) is 4.70. The molecule has 0 radical (unpaired) electrons. The molecule has 0 N–H and O–H groups in total. The minimum Gasteiger partial charge on any atom is -0.463 e. The molecule has 0 amide bonds. The summed E-state index contributed by atoms with van der Waals surface area (Å²) in [6.45, 7) is 3.38. The zero-order valence-electron chi connectivity index (χ0n) is 17.2. The van der Waals surface area contributed by atoms with E-state index in [0.29, 0.717) is 5.02 Å². The molecule has 6 nitrogen and oxygen atoms in total. The van der Waals surface area contributed by atoms with E-state index in [9.17, 15) is 0 Å². The van der Waals surface area contributed by atoms with Gasteiger partial charge in [-0.15, -0.1) is 11.3 Å². The largest absolute Gasteiger partial charge is 0.463 e. The minimum absolute atomic E-state index is 0.679. The third-order valence-electron chi connectivity index (χ3n) is 5.10. The Balaban J connectivity index is 1.47. The number of thiazole rings is 1. The number of hydrogen-bond acceptors (Lipinski definition) is 6. The molecule has 0 unspecified atom stereocenters. The topological polar surface area (TPSA) is 55.3 Å². The zero-order valence-corrected chi connectivity index (χ0v) is 18.8. The van der Waals surface area contributed by atoms with E-state index in [1.54, 1.807) is 10.9 Å². The van der Waals surface area contributed by atoms with Gasteiger partial charge in [0.15, 0.2) is 5.76 Å². The van der Waals surface area contributed by atoms with Crippen LogP contribution in [0.2, 0.25) is 5.02 Å². The molecule has 3 heterocycles. The Morgan fingerprint density at radius 2 is 1.75 bits per heavy atom. The molecule has 0 atom stereocenters. The van der Waals surface area contributed by atoms with Gasteiger partial charge in [-0.05, 0) is 54.1 Å². The highest BCUT2D eigenvalue weighted by atomic mass is 35.5. The van der Waals surface area contributed by atoms with Gasteiger partial charge in [-0.1, -0.05) is 23.7 Å². The van der Waals surface area contributed by atoms with Crippen molar-refractivity contribution in [3.05, 3.63) is 87.7 Å². The van der Waals surface area contributed by atoms with Crippen LogP contribution in [0.4, 0.5) is 11.4 Å². The predicted octanol–water partition coefficient (Wildman–Crippen LogP) is 5.41. The van der Waals surface area contributed by atoms with E-state index < -0.39 is 0 Å². The number of morpholine rings is 1. The summed E-state index contributed by atoms with van der Waals surface area (Å²) in [6, 6.07) is 19.6. The van der Waals surface area contributed by atoms with Crippen molar-refractivity contribution in [2.75, 3.05) is 31.2 Å². The molecule has 0 saturated carbocycles. The van der Waals surface area contributed by atoms with Crippen molar-refractivity contribution in [3.8, 4) is 11.5 Å². The second-order valence-corrected chi connectivity index (χ2v) is 8.49. The van der Waals surface area contributed by atoms with E-state index in [1.807, 2.05) is 48.0 Å². The van der Waals surface area contributed by atoms with Gasteiger partial charge in [0.25, 0.3) is 0 Å². The lowest BCUT2D eigenvalue weighted by Gasteiger charge is -2.28. The van der Waals surface area contributed by atoms with Crippen molar-refractivity contribution in [1.82, 2.24) is 4.68 Å². The number of nitrogens with zero attached hydrogens (tertiary/aromatic N) is 4. The van der Waals surface area contributed by atoms with Crippen molar-refractivity contribution >= 4 is 40.5 Å². The van der Waals surface area contributed by atoms with Gasteiger partial charge in [-0.25, -0.2) is 9.67 Å². The molecule has 0 bridgehead atoms. The van der Waals surface area contributed by atoms with E-state index in [-0.39, 0.29) is 0 Å². The summed E-state index contributed by atoms with van der Waals surface area (Å²) >= 11 is 7.51. The maximum Gasteiger partial charge on any atom is 0.211 e. The molecule has 32 heavy (non-hydrogen) atoms. The van der Waals surface area contributed by atoms with Crippen LogP contribution in [-0.2, 0) is 4.74 Å². The summed E-state index contributed by atoms with van der Waals surface area (Å²) in [6.07, 6.45) is 3.49. The summed E-state index contributed by atoms with van der Waals surface area (Å²) in [5.41, 5.74) is 3.85. The number of aromatic nitrogens is 1. The molecule has 2 aromatic carbocycles. The van der Waals surface area contributed by atoms with E-state index in [2.05, 4.69) is 29.2 Å². The van der Waals surface area contributed by atoms with E-state index >= 15 is 0 Å². The van der Waals surface area contributed by atoms with Crippen molar-refractivity contribution in [3.63, 3.8) is 0 Å². The average Bonchev–Trinajstić information content (AvgIpc) is 3.50. The van der Waals surface area contributed by atoms with E-state index in [4.69, 9.17) is 30.8 Å². The number of halogens is 1. The number of furan rings is 1. The van der Waals surface area contributed by atoms with E-state index in [0.717, 1.165) is 53.8 Å². The second kappa shape index (κ2) is 9.56. The van der Waals surface area contributed by atoms with Gasteiger partial charge in [0.2, 0.25) is 4.80 Å². The van der Waals surface area contributed by atoms with Gasteiger partial charge in [0.1, 0.15) is 5.69 Å². The number of anilines is 1. The molecule has 8 heteroatoms. The quantitative estimate of drug-likeness (QED) is 0.371. The summed E-state index contributed by atoms with van der Waals surface area (Å²) in [5.74, 6) is 0.735. The van der Waals surface area contributed by atoms with Crippen molar-refractivity contribution < 1.29 is 9.15 Å². The average molecular weight is 465 g/mol. The summed E-state index contributed by atoms with van der Waals surface area (Å²) < 4.78 is 12.8. The van der Waals surface area contributed by atoms with Gasteiger partial charge in [0.05, 0.1) is 31.4 Å². The zero-order chi connectivity index (χ0) is 21.8. The summed E-state index contributed by atoms with van der Waals surface area (Å²) in [5, 5.41) is 7.41. The lowest BCUT2D eigenvalue weighted by Crippen LogP contribution is -2.36. The number of rotatable bonds is 5. The molecule has 2 aromatic heterocycles. The van der Waals surface area contributed by atoms with Crippen LogP contribution in [0.3, 0.4) is 0 Å². The predicted molar refractivity (Wildman–Crippen MR) is 129 cm³/mol. The van der Waals surface area contributed by atoms with Crippen LogP contribution in [0.5, 0.6) is 0 Å². The first-order valence-electron chi connectivity index (χ1n) is 10.3. The lowest BCUT2D eigenvalue weighted by atomic mass is 10.2. The smallest absolute Gasteiger partial charge is 0.211 e. The standard InChI is InChI=1S/C24H21ClN4O2S/c25-19-5-7-20(8-6-19)27-24-29(22(17-32-24)23-2-1-13-31-23)26-16-18-3-9-21(10-4-18)28-11-14-30-15-12-28/h1-10,13,16-17H,11-12,14-15H2. The van der Waals surface area contributed by atoms with E-state index in [1.165, 1.54) is 17.0 Å². The van der Waals surface area contributed by atoms with Crippen LogP contribution in [0.25, 0.3) is 11.5 Å². The van der Waals surface area contributed by atoms with Crippen LogP contribution >= 0.6 is 22.9 Å². The Morgan fingerprint density at radius 3 is 2.47 bits per heavy atom. The van der Waals surface area contributed by atoms with Crippen LogP contribution in [0.1, 0.15) is 5.56 Å². The summed E-state index contributed by atoms with van der Waals surface area (Å²) in [4.78, 5) is 7.81. The fourth-order valence-corrected chi connectivity index (χ4v) is 4.39. The fraction of sp³-hybridized carbons (Fsp3) is 0.167. The minimum atomic E-state index is 0.679. The normalized spacial score (nSPS) is 15.0. The van der Waals surface area contributed by atoms with Crippen molar-refractivity contribution in [2.24, 2.45) is 10.1 Å². The first-order chi connectivity index (χ1) is 15.8. The van der Waals surface area contributed by atoms with Gasteiger partial charge < -0.3 is 14.1 Å². The Kier molecular flexibility index (Phi) is 6.20. The third-order valence-corrected chi connectivity index (χ3v) is 6.17. The molecule has 0 spiro atoms. The highest BCUT2D eigenvalue weighted by molar-refractivity contribution is 7.07. The van der Waals surface area contributed by atoms with Crippen molar-refractivity contribution in [2.45, 2.75) is 0 Å². The molecule has 4 aromatic rings. The fourth-order valence-electron chi connectivity index (χ4n) is 3.43. The molecule has 1 aliphatic heterocycles. The number of ether oxygens (including phenoxy) is 1. The Labute approximate surface area is 194 Å². The van der Waals surface area contributed by atoms with Crippen molar-refractivity contribution in [1.29, 1.82) is 0 Å². The molecular formula is C24H21ClN4O2S. The first kappa shape index (κ1) is 20.8. The molecule has 1 aliphatic rings. The Morgan fingerprint density at radius 1 is 0.969 bits per heavy atom. The first-order valence-corrected chi connectivity index (χ1v) is 11.5. The van der Waals surface area contributed by atoms with Gasteiger partial charge in [0, 0.05) is 29.2 Å². The van der Waals surface area contributed by atoms with Crippen LogP contribution < -0.4 is 9.70 Å². The highest BCUT2D eigenvalue weighted by Crippen LogP contribution is 2.22. The van der Waals surface area contributed by atoms with Crippen LogP contribution in [-0.4, -0.2) is 37.2 Å². The monoisotopic (exact) mass is 464 g/mol. The molecule has 1 saturated heterocycles. The number of hydrogen-bond donors (Lipinski definition) is 0. The maximum absolute atomic E-state index is 6.01. The number of benzene rings is 2. The van der Waals surface area contributed by atoms with Gasteiger partial charge in [-0.3, -0.25) is 0 Å². The molecule has 1 fully saturated rings. The van der Waals surface area contributed by atoms with Crippen LogP contribution in [0, 0.1) is 0 Å². The summed E-state index contributed by atoms with van der Waals surface area (Å²) in [7, 11) is 0. The SMILES string of the molecule is Clc1ccc(N=c2scc(-c3ccco3)n2N=Cc2ccc(N3CCOCC3)cc2)cc1.